The Morgan fingerprint density at radius 1 is 1.39 bits per heavy atom. The minimum Gasteiger partial charge on any atom is -0.398 e. The van der Waals surface area contributed by atoms with E-state index in [0.717, 1.165) is 24.3 Å². The van der Waals surface area contributed by atoms with Crippen LogP contribution in [0.25, 0.3) is 0 Å². The number of hydrogen-bond acceptors (Lipinski definition) is 2. The Bertz CT molecular complexity index is 394. The molecule has 3 heteroatoms. The molecule has 0 aromatic heterocycles. The molecule has 1 aromatic carbocycles. The average molecular weight is 251 g/mol. The Morgan fingerprint density at radius 2 is 2.22 bits per heavy atom. The van der Waals surface area contributed by atoms with Gasteiger partial charge in [0.2, 0.25) is 0 Å². The fourth-order valence-electron chi connectivity index (χ4n) is 2.67. The first-order valence-electron chi connectivity index (χ1n) is 6.84. The molecule has 100 valence electrons. The Hall–Kier alpha value is -1.09. The van der Waals surface area contributed by atoms with Crippen molar-refractivity contribution < 1.29 is 9.13 Å². The van der Waals surface area contributed by atoms with E-state index in [1.165, 1.54) is 31.4 Å². The van der Waals surface area contributed by atoms with Crippen LogP contribution in [0.15, 0.2) is 18.2 Å². The standard InChI is InChI=1S/C15H22FNO/c1-2-11-4-3-5-14(8-11)18-10-12-9-13(16)6-7-15(12)17/h6-7,9,11,14H,2-5,8,10,17H2,1H3. The lowest BCUT2D eigenvalue weighted by molar-refractivity contribution is 0.00193. The Morgan fingerprint density at radius 3 is 3.00 bits per heavy atom. The summed E-state index contributed by atoms with van der Waals surface area (Å²) in [7, 11) is 0. The topological polar surface area (TPSA) is 35.2 Å². The third-order valence-corrected chi connectivity index (χ3v) is 3.89. The summed E-state index contributed by atoms with van der Waals surface area (Å²) in [5.74, 6) is 0.534. The smallest absolute Gasteiger partial charge is 0.123 e. The van der Waals surface area contributed by atoms with Crippen LogP contribution < -0.4 is 5.73 Å². The second kappa shape index (κ2) is 6.19. The molecule has 2 rings (SSSR count). The first kappa shape index (κ1) is 13.3. The lowest BCUT2D eigenvalue weighted by Crippen LogP contribution is -2.22. The molecule has 2 N–H and O–H groups in total. The zero-order valence-corrected chi connectivity index (χ0v) is 11.0. The highest BCUT2D eigenvalue weighted by Crippen LogP contribution is 2.29. The molecular formula is C15H22FNO. The van der Waals surface area contributed by atoms with Crippen molar-refractivity contribution in [1.29, 1.82) is 0 Å². The Kier molecular flexibility index (Phi) is 4.59. The minimum absolute atomic E-state index is 0.252. The van der Waals surface area contributed by atoms with Gasteiger partial charge >= 0.3 is 0 Å². The van der Waals surface area contributed by atoms with Gasteiger partial charge in [-0.25, -0.2) is 4.39 Å². The molecule has 0 saturated heterocycles. The molecule has 0 amide bonds. The molecule has 0 spiro atoms. The fraction of sp³-hybridized carbons (Fsp3) is 0.600. The maximum absolute atomic E-state index is 13.1. The molecule has 1 aromatic rings. The zero-order valence-electron chi connectivity index (χ0n) is 11.0. The van der Waals surface area contributed by atoms with Crippen molar-refractivity contribution in [3.63, 3.8) is 0 Å². The van der Waals surface area contributed by atoms with Crippen molar-refractivity contribution in [3.05, 3.63) is 29.6 Å². The first-order valence-corrected chi connectivity index (χ1v) is 6.84. The summed E-state index contributed by atoms with van der Waals surface area (Å²) in [4.78, 5) is 0. The van der Waals surface area contributed by atoms with Crippen LogP contribution in [0.4, 0.5) is 10.1 Å². The SMILES string of the molecule is CCC1CCCC(OCc2cc(F)ccc2N)C1. The molecule has 0 heterocycles. The van der Waals surface area contributed by atoms with E-state index in [4.69, 9.17) is 10.5 Å². The number of benzene rings is 1. The van der Waals surface area contributed by atoms with Crippen LogP contribution >= 0.6 is 0 Å². The van der Waals surface area contributed by atoms with Crippen molar-refractivity contribution in [2.24, 2.45) is 5.92 Å². The average Bonchev–Trinajstić information content (AvgIpc) is 2.40. The van der Waals surface area contributed by atoms with Gasteiger partial charge in [-0.1, -0.05) is 26.2 Å². The van der Waals surface area contributed by atoms with Crippen LogP contribution in [-0.4, -0.2) is 6.10 Å². The van der Waals surface area contributed by atoms with E-state index >= 15 is 0 Å². The van der Waals surface area contributed by atoms with Gasteiger partial charge < -0.3 is 10.5 Å². The van der Waals surface area contributed by atoms with Gasteiger partial charge in [0, 0.05) is 11.3 Å². The second-order valence-electron chi connectivity index (χ2n) is 5.22. The van der Waals surface area contributed by atoms with Crippen LogP contribution in [0.3, 0.4) is 0 Å². The Labute approximate surface area is 108 Å². The summed E-state index contributed by atoms with van der Waals surface area (Å²) in [5, 5.41) is 0. The molecule has 1 aliphatic carbocycles. The van der Waals surface area contributed by atoms with Crippen molar-refractivity contribution >= 4 is 5.69 Å². The van der Waals surface area contributed by atoms with E-state index in [0.29, 0.717) is 18.4 Å². The van der Waals surface area contributed by atoms with Crippen LogP contribution in [0.2, 0.25) is 0 Å². The molecule has 0 aliphatic heterocycles. The zero-order chi connectivity index (χ0) is 13.0. The summed E-state index contributed by atoms with van der Waals surface area (Å²) < 4.78 is 19.0. The maximum Gasteiger partial charge on any atom is 0.123 e. The Balaban J connectivity index is 1.89. The van der Waals surface area contributed by atoms with Crippen molar-refractivity contribution in [1.82, 2.24) is 0 Å². The molecule has 1 aliphatic rings. The number of hydrogen-bond donors (Lipinski definition) is 1. The molecule has 0 radical (unpaired) electrons. The molecule has 1 fully saturated rings. The van der Waals surface area contributed by atoms with Gasteiger partial charge in [0.1, 0.15) is 5.82 Å². The van der Waals surface area contributed by atoms with Gasteiger partial charge in [-0.15, -0.1) is 0 Å². The summed E-state index contributed by atoms with van der Waals surface area (Å²) in [5.41, 5.74) is 7.18. The van der Waals surface area contributed by atoms with Crippen LogP contribution in [0.5, 0.6) is 0 Å². The third kappa shape index (κ3) is 3.45. The molecule has 0 bridgehead atoms. The molecule has 1 saturated carbocycles. The summed E-state index contributed by atoms with van der Waals surface area (Å²) >= 11 is 0. The highest BCUT2D eigenvalue weighted by molar-refractivity contribution is 5.46. The van der Waals surface area contributed by atoms with Crippen molar-refractivity contribution in [3.8, 4) is 0 Å². The van der Waals surface area contributed by atoms with Gasteiger partial charge in [-0.05, 0) is 37.0 Å². The van der Waals surface area contributed by atoms with E-state index in [1.807, 2.05) is 0 Å². The second-order valence-corrected chi connectivity index (χ2v) is 5.22. The van der Waals surface area contributed by atoms with E-state index in [2.05, 4.69) is 6.92 Å². The number of nitrogen functional groups attached to an aromatic ring is 1. The van der Waals surface area contributed by atoms with Gasteiger partial charge in [0.25, 0.3) is 0 Å². The summed E-state index contributed by atoms with van der Waals surface area (Å²) in [6.07, 6.45) is 6.34. The van der Waals surface area contributed by atoms with E-state index in [9.17, 15) is 4.39 Å². The number of ether oxygens (including phenoxy) is 1. The van der Waals surface area contributed by atoms with Gasteiger partial charge in [0.15, 0.2) is 0 Å². The minimum atomic E-state index is -0.252. The van der Waals surface area contributed by atoms with Crippen LogP contribution in [0.1, 0.15) is 44.6 Å². The lowest BCUT2D eigenvalue weighted by Gasteiger charge is -2.28. The molecular weight excluding hydrogens is 229 g/mol. The van der Waals surface area contributed by atoms with Crippen molar-refractivity contribution in [2.45, 2.75) is 51.7 Å². The maximum atomic E-state index is 13.1. The molecule has 2 atom stereocenters. The van der Waals surface area contributed by atoms with Crippen LogP contribution in [-0.2, 0) is 11.3 Å². The monoisotopic (exact) mass is 251 g/mol. The number of halogens is 1. The number of rotatable bonds is 4. The van der Waals surface area contributed by atoms with E-state index in [1.54, 1.807) is 6.07 Å². The van der Waals surface area contributed by atoms with Gasteiger partial charge in [-0.3, -0.25) is 0 Å². The highest BCUT2D eigenvalue weighted by Gasteiger charge is 2.21. The third-order valence-electron chi connectivity index (χ3n) is 3.89. The molecule has 18 heavy (non-hydrogen) atoms. The largest absolute Gasteiger partial charge is 0.398 e. The van der Waals surface area contributed by atoms with Gasteiger partial charge in [-0.2, -0.15) is 0 Å². The summed E-state index contributed by atoms with van der Waals surface area (Å²) in [6.45, 7) is 2.66. The fourth-order valence-corrected chi connectivity index (χ4v) is 2.67. The molecule has 2 unspecified atom stereocenters. The van der Waals surface area contributed by atoms with Gasteiger partial charge in [0.05, 0.1) is 12.7 Å². The number of nitrogens with two attached hydrogens (primary N) is 1. The van der Waals surface area contributed by atoms with Crippen LogP contribution in [0, 0.1) is 11.7 Å². The summed E-state index contributed by atoms with van der Waals surface area (Å²) in [6, 6.07) is 4.45. The predicted molar refractivity (Wildman–Crippen MR) is 71.6 cm³/mol. The van der Waals surface area contributed by atoms with E-state index in [-0.39, 0.29) is 5.82 Å². The molecule has 2 nitrogen and oxygen atoms in total. The van der Waals surface area contributed by atoms with E-state index < -0.39 is 0 Å². The highest BCUT2D eigenvalue weighted by atomic mass is 19.1. The normalized spacial score (nSPS) is 24.1. The quantitative estimate of drug-likeness (QED) is 0.824. The number of anilines is 1. The first-order chi connectivity index (χ1) is 8.69. The lowest BCUT2D eigenvalue weighted by atomic mass is 9.85. The van der Waals surface area contributed by atoms with Crippen molar-refractivity contribution in [2.75, 3.05) is 5.73 Å². The predicted octanol–water partition coefficient (Wildman–Crippen LogP) is 3.89.